The van der Waals surface area contributed by atoms with Gasteiger partial charge in [-0.2, -0.15) is 13.2 Å². The van der Waals surface area contributed by atoms with Gasteiger partial charge in [-0.15, -0.1) is 0 Å². The molecule has 0 saturated carbocycles. The van der Waals surface area contributed by atoms with Gasteiger partial charge in [-0.1, -0.05) is 35.9 Å². The molecule has 0 saturated heterocycles. The minimum Gasteiger partial charge on any atom is -0.392 e. The molecule has 100 valence electrons. The van der Waals surface area contributed by atoms with Crippen LogP contribution in [0.3, 0.4) is 0 Å². The van der Waals surface area contributed by atoms with Gasteiger partial charge in [0.1, 0.15) is 0 Å². The first-order valence-corrected chi connectivity index (χ1v) is 5.86. The molecule has 0 spiro atoms. The first kappa shape index (κ1) is 13.9. The minimum atomic E-state index is -4.37. The van der Waals surface area contributed by atoms with Gasteiger partial charge in [-0.25, -0.2) is 0 Å². The normalized spacial score (nSPS) is 11.6. The Morgan fingerprint density at radius 2 is 1.68 bits per heavy atom. The SMILES string of the molecule is OCc1ccc(-c2cccc(C(F)(F)F)c2)cc1Cl. The van der Waals surface area contributed by atoms with Crippen LogP contribution in [0.2, 0.25) is 5.02 Å². The van der Waals surface area contributed by atoms with Gasteiger partial charge in [0.2, 0.25) is 0 Å². The summed E-state index contributed by atoms with van der Waals surface area (Å²) in [4.78, 5) is 0. The van der Waals surface area contributed by atoms with Gasteiger partial charge in [0.25, 0.3) is 0 Å². The molecule has 0 heterocycles. The molecule has 0 atom stereocenters. The van der Waals surface area contributed by atoms with Gasteiger partial charge >= 0.3 is 6.18 Å². The quantitative estimate of drug-likeness (QED) is 0.861. The summed E-state index contributed by atoms with van der Waals surface area (Å²) in [6.07, 6.45) is -4.37. The van der Waals surface area contributed by atoms with Crippen molar-refractivity contribution in [1.29, 1.82) is 0 Å². The van der Waals surface area contributed by atoms with E-state index < -0.39 is 11.7 Å². The third-order valence-electron chi connectivity index (χ3n) is 2.75. The van der Waals surface area contributed by atoms with Crippen LogP contribution in [0.4, 0.5) is 13.2 Å². The third-order valence-corrected chi connectivity index (χ3v) is 3.10. The zero-order valence-electron chi connectivity index (χ0n) is 9.71. The van der Waals surface area contributed by atoms with Gasteiger partial charge in [0.15, 0.2) is 0 Å². The summed E-state index contributed by atoms with van der Waals surface area (Å²) in [5.41, 5.74) is 0.847. The molecule has 0 bridgehead atoms. The number of halogens is 4. The molecule has 1 N–H and O–H groups in total. The Labute approximate surface area is 113 Å². The van der Waals surface area contributed by atoms with E-state index in [1.165, 1.54) is 6.07 Å². The topological polar surface area (TPSA) is 20.2 Å². The van der Waals surface area contributed by atoms with Crippen LogP contribution in [0, 0.1) is 0 Å². The summed E-state index contributed by atoms with van der Waals surface area (Å²) in [5, 5.41) is 9.33. The van der Waals surface area contributed by atoms with Crippen molar-refractivity contribution in [3.63, 3.8) is 0 Å². The lowest BCUT2D eigenvalue weighted by Crippen LogP contribution is -2.04. The van der Waals surface area contributed by atoms with E-state index in [1.807, 2.05) is 0 Å². The molecular weight excluding hydrogens is 277 g/mol. The maximum atomic E-state index is 12.6. The Morgan fingerprint density at radius 3 is 2.26 bits per heavy atom. The number of aliphatic hydroxyl groups is 1. The Bertz CT molecular complexity index is 593. The van der Waals surface area contributed by atoms with Gasteiger partial charge in [0, 0.05) is 5.02 Å². The first-order valence-electron chi connectivity index (χ1n) is 5.49. The van der Waals surface area contributed by atoms with E-state index in [0.29, 0.717) is 21.7 Å². The van der Waals surface area contributed by atoms with E-state index in [4.69, 9.17) is 16.7 Å². The average Bonchev–Trinajstić information content (AvgIpc) is 2.38. The number of rotatable bonds is 2. The van der Waals surface area contributed by atoms with Crippen molar-refractivity contribution in [2.45, 2.75) is 12.8 Å². The molecule has 2 aromatic carbocycles. The Kier molecular flexibility index (Phi) is 3.83. The predicted octanol–water partition coefficient (Wildman–Crippen LogP) is 4.52. The maximum absolute atomic E-state index is 12.6. The van der Waals surface area contributed by atoms with Crippen molar-refractivity contribution < 1.29 is 18.3 Å². The average molecular weight is 287 g/mol. The molecule has 0 aromatic heterocycles. The summed E-state index contributed by atoms with van der Waals surface area (Å²) in [7, 11) is 0. The molecule has 0 unspecified atom stereocenters. The van der Waals surface area contributed by atoms with Crippen LogP contribution in [-0.2, 0) is 12.8 Å². The molecule has 2 rings (SSSR count). The Morgan fingerprint density at radius 1 is 1.00 bits per heavy atom. The molecule has 19 heavy (non-hydrogen) atoms. The highest BCUT2D eigenvalue weighted by Gasteiger charge is 2.30. The number of benzene rings is 2. The van der Waals surface area contributed by atoms with Gasteiger partial charge < -0.3 is 5.11 Å². The van der Waals surface area contributed by atoms with E-state index in [1.54, 1.807) is 24.3 Å². The van der Waals surface area contributed by atoms with Crippen molar-refractivity contribution >= 4 is 11.6 Å². The van der Waals surface area contributed by atoms with Gasteiger partial charge in [-0.3, -0.25) is 0 Å². The minimum absolute atomic E-state index is 0.207. The van der Waals surface area contributed by atoms with Gasteiger partial charge in [-0.05, 0) is 34.9 Å². The number of aliphatic hydroxyl groups excluding tert-OH is 1. The molecule has 0 aliphatic rings. The van der Waals surface area contributed by atoms with Crippen LogP contribution in [-0.4, -0.2) is 5.11 Å². The summed E-state index contributed by atoms with van der Waals surface area (Å²) >= 11 is 5.93. The standard InChI is InChI=1S/C14H10ClF3O/c15-13-7-10(4-5-11(13)8-19)9-2-1-3-12(6-9)14(16,17)18/h1-7,19H,8H2. The fourth-order valence-corrected chi connectivity index (χ4v) is 1.97. The molecule has 0 amide bonds. The smallest absolute Gasteiger partial charge is 0.392 e. The molecular formula is C14H10ClF3O. The first-order chi connectivity index (χ1) is 8.91. The van der Waals surface area contributed by atoms with Crippen LogP contribution < -0.4 is 0 Å². The molecule has 0 aliphatic heterocycles. The third kappa shape index (κ3) is 3.08. The van der Waals surface area contributed by atoms with Crippen molar-refractivity contribution in [1.82, 2.24) is 0 Å². The van der Waals surface area contributed by atoms with Crippen LogP contribution in [0.1, 0.15) is 11.1 Å². The van der Waals surface area contributed by atoms with E-state index in [0.717, 1.165) is 12.1 Å². The zero-order chi connectivity index (χ0) is 14.0. The van der Waals surface area contributed by atoms with Gasteiger partial charge in [0.05, 0.1) is 12.2 Å². The van der Waals surface area contributed by atoms with Crippen molar-refractivity contribution in [3.05, 3.63) is 58.6 Å². The Hall–Kier alpha value is -1.52. The van der Waals surface area contributed by atoms with Crippen molar-refractivity contribution in [3.8, 4) is 11.1 Å². The van der Waals surface area contributed by atoms with Crippen LogP contribution in [0.5, 0.6) is 0 Å². The van der Waals surface area contributed by atoms with E-state index in [-0.39, 0.29) is 6.61 Å². The van der Waals surface area contributed by atoms with Crippen LogP contribution in [0.15, 0.2) is 42.5 Å². The highest BCUT2D eigenvalue weighted by molar-refractivity contribution is 6.31. The summed E-state index contributed by atoms with van der Waals surface area (Å²) < 4.78 is 37.9. The summed E-state index contributed by atoms with van der Waals surface area (Å²) in [5.74, 6) is 0. The molecule has 0 radical (unpaired) electrons. The summed E-state index contributed by atoms with van der Waals surface area (Å²) in [6.45, 7) is -0.207. The second-order valence-electron chi connectivity index (χ2n) is 4.04. The largest absolute Gasteiger partial charge is 0.416 e. The van der Waals surface area contributed by atoms with Crippen LogP contribution in [0.25, 0.3) is 11.1 Å². The number of alkyl halides is 3. The number of hydrogen-bond donors (Lipinski definition) is 1. The van der Waals surface area contributed by atoms with Crippen molar-refractivity contribution in [2.24, 2.45) is 0 Å². The predicted molar refractivity (Wildman–Crippen MR) is 67.8 cm³/mol. The lowest BCUT2D eigenvalue weighted by Gasteiger charge is -2.10. The lowest BCUT2D eigenvalue weighted by atomic mass is 10.0. The maximum Gasteiger partial charge on any atom is 0.416 e. The lowest BCUT2D eigenvalue weighted by molar-refractivity contribution is -0.137. The molecule has 0 fully saturated rings. The van der Waals surface area contributed by atoms with E-state index in [2.05, 4.69) is 0 Å². The molecule has 0 aliphatic carbocycles. The Balaban J connectivity index is 2.45. The highest BCUT2D eigenvalue weighted by atomic mass is 35.5. The second-order valence-corrected chi connectivity index (χ2v) is 4.45. The second kappa shape index (κ2) is 5.23. The van der Waals surface area contributed by atoms with E-state index >= 15 is 0 Å². The fourth-order valence-electron chi connectivity index (χ4n) is 1.73. The molecule has 5 heteroatoms. The van der Waals surface area contributed by atoms with Crippen LogP contribution >= 0.6 is 11.6 Å². The summed E-state index contributed by atoms with van der Waals surface area (Å²) in [6, 6.07) is 9.80. The highest BCUT2D eigenvalue weighted by Crippen LogP contribution is 2.33. The monoisotopic (exact) mass is 286 g/mol. The van der Waals surface area contributed by atoms with Crippen molar-refractivity contribution in [2.75, 3.05) is 0 Å². The molecule has 1 nitrogen and oxygen atoms in total. The molecule has 2 aromatic rings. The van der Waals surface area contributed by atoms with E-state index in [9.17, 15) is 13.2 Å². The number of hydrogen-bond acceptors (Lipinski definition) is 1. The fraction of sp³-hybridized carbons (Fsp3) is 0.143. The zero-order valence-corrected chi connectivity index (χ0v) is 10.5.